The smallest absolute Gasteiger partial charge is 0.462 e. The second-order valence-corrected chi connectivity index (χ2v) is 32.5. The number of ether oxygens (including phenoxy) is 4. The van der Waals surface area contributed by atoms with Gasteiger partial charge < -0.3 is 33.8 Å². The van der Waals surface area contributed by atoms with E-state index in [0.717, 1.165) is 95.8 Å². The molecule has 0 bridgehead atoms. The van der Waals surface area contributed by atoms with Crippen molar-refractivity contribution < 1.29 is 80.2 Å². The third kappa shape index (κ3) is 74.3. The molecule has 2 unspecified atom stereocenters. The average molecular weight is 1470 g/mol. The molecule has 0 aromatic rings. The number of hydrogen-bond donors (Lipinski definition) is 3. The van der Waals surface area contributed by atoms with E-state index in [1.54, 1.807) is 0 Å². The fourth-order valence-corrected chi connectivity index (χ4v) is 14.2. The van der Waals surface area contributed by atoms with Crippen LogP contribution >= 0.6 is 15.6 Å². The molecule has 0 radical (unpaired) electrons. The minimum Gasteiger partial charge on any atom is -0.462 e. The van der Waals surface area contributed by atoms with Crippen LogP contribution in [0.1, 0.15) is 433 Å². The van der Waals surface area contributed by atoms with Crippen LogP contribution in [0, 0.1) is 5.92 Å². The predicted octanol–water partition coefficient (Wildman–Crippen LogP) is 24.4. The minimum atomic E-state index is -4.96. The predicted molar refractivity (Wildman–Crippen MR) is 409 cm³/mol. The number of phosphoric acid groups is 2. The van der Waals surface area contributed by atoms with Crippen molar-refractivity contribution in [3.8, 4) is 0 Å². The van der Waals surface area contributed by atoms with Gasteiger partial charge in [0.05, 0.1) is 26.4 Å². The van der Waals surface area contributed by atoms with Gasteiger partial charge in [-0.25, -0.2) is 9.13 Å². The number of rotatable bonds is 81. The maximum absolute atomic E-state index is 13.1. The highest BCUT2D eigenvalue weighted by molar-refractivity contribution is 7.47. The Kier molecular flexibility index (Phi) is 72.5. The molecule has 0 fully saturated rings. The molecule has 0 aromatic carbocycles. The molecule has 5 atom stereocenters. The van der Waals surface area contributed by atoms with Crippen LogP contribution in [0.2, 0.25) is 0 Å². The zero-order valence-electron chi connectivity index (χ0n) is 65.3. The van der Waals surface area contributed by atoms with E-state index in [-0.39, 0.29) is 25.7 Å². The van der Waals surface area contributed by atoms with E-state index in [1.807, 2.05) is 0 Å². The molecular formula is C81H158O17P2. The molecule has 0 spiro atoms. The molecule has 0 amide bonds. The molecule has 17 nitrogen and oxygen atoms in total. The van der Waals surface area contributed by atoms with Gasteiger partial charge in [0.15, 0.2) is 12.2 Å². The third-order valence-electron chi connectivity index (χ3n) is 19.0. The number of aliphatic hydroxyl groups excluding tert-OH is 1. The van der Waals surface area contributed by atoms with Gasteiger partial charge in [-0.05, 0) is 31.6 Å². The van der Waals surface area contributed by atoms with Crippen molar-refractivity contribution in [2.45, 2.75) is 451 Å². The van der Waals surface area contributed by atoms with E-state index >= 15 is 0 Å². The molecule has 0 aliphatic carbocycles. The number of aliphatic hydroxyl groups is 1. The Labute approximate surface area is 613 Å². The van der Waals surface area contributed by atoms with Crippen LogP contribution in [0.4, 0.5) is 0 Å². The van der Waals surface area contributed by atoms with Gasteiger partial charge in [0, 0.05) is 25.7 Å². The van der Waals surface area contributed by atoms with Crippen LogP contribution in [0.15, 0.2) is 0 Å². The van der Waals surface area contributed by atoms with Crippen LogP contribution < -0.4 is 0 Å². The Morgan fingerprint density at radius 3 is 0.680 bits per heavy atom. The van der Waals surface area contributed by atoms with E-state index in [0.29, 0.717) is 25.7 Å². The number of esters is 4. The first-order valence-corrected chi connectivity index (χ1v) is 45.1. The van der Waals surface area contributed by atoms with Crippen molar-refractivity contribution in [3.63, 3.8) is 0 Å². The summed E-state index contributed by atoms with van der Waals surface area (Å²) in [6.45, 7) is 7.31. The lowest BCUT2D eigenvalue weighted by atomic mass is 10.0. The van der Waals surface area contributed by atoms with Gasteiger partial charge in [-0.3, -0.25) is 37.3 Å². The van der Waals surface area contributed by atoms with Crippen LogP contribution in [0.25, 0.3) is 0 Å². The summed E-state index contributed by atoms with van der Waals surface area (Å²) in [5.41, 5.74) is 0. The van der Waals surface area contributed by atoms with Gasteiger partial charge in [0.1, 0.15) is 19.3 Å². The summed E-state index contributed by atoms with van der Waals surface area (Å²) >= 11 is 0. The highest BCUT2D eigenvalue weighted by atomic mass is 31.2. The Balaban J connectivity index is 5.20. The van der Waals surface area contributed by atoms with Gasteiger partial charge in [0.25, 0.3) is 0 Å². The molecule has 3 N–H and O–H groups in total. The second kappa shape index (κ2) is 73.9. The standard InChI is InChI=1S/C81H158O17P2/c1-6-9-12-15-18-21-24-26-28-29-30-31-32-33-34-35-37-40-46-51-56-61-66-80(85)97-76(71-92-79(84)65-60-55-50-45-39-36-27-25-22-19-16-13-10-7-2)72-95-99(87,88)93-68-75(82)69-94-100(89,90)96-73-77(70-91-78(83)64-59-54-49-44-38-23-20-17-14-11-8-3)98-81(86)67-62-57-52-47-42-41-43-48-53-58-63-74(4)5/h74-77,82H,6-73H2,1-5H3,(H,87,88)(H,89,90)/t75-,76-,77-/m1/s1. The summed E-state index contributed by atoms with van der Waals surface area (Å²) in [5.74, 6) is -1.35. The summed E-state index contributed by atoms with van der Waals surface area (Å²) in [4.78, 5) is 73.0. The van der Waals surface area contributed by atoms with E-state index in [4.69, 9.17) is 37.0 Å². The molecule has 19 heteroatoms. The Morgan fingerprint density at radius 1 is 0.270 bits per heavy atom. The Bertz CT molecular complexity index is 1910. The molecule has 0 heterocycles. The number of unbranched alkanes of at least 4 members (excludes halogenated alkanes) is 53. The van der Waals surface area contributed by atoms with Gasteiger partial charge in [0.2, 0.25) is 0 Å². The SMILES string of the molecule is CCCCCCCCCCCCCCCCCCCCCCCCC(=O)O[C@H](COC(=O)CCCCCCCCCCCCCCCC)COP(=O)(O)OC[C@@H](O)COP(=O)(O)OC[C@@H](COC(=O)CCCCCCCCCCCCC)OC(=O)CCCCCCCCCCCCC(C)C. The zero-order chi connectivity index (χ0) is 73.4. The normalized spacial score (nSPS) is 13.8. The first-order chi connectivity index (χ1) is 48.5. The molecule has 0 aliphatic heterocycles. The van der Waals surface area contributed by atoms with Crippen molar-refractivity contribution in [2.75, 3.05) is 39.6 Å². The summed E-state index contributed by atoms with van der Waals surface area (Å²) in [6, 6.07) is 0. The van der Waals surface area contributed by atoms with Crippen molar-refractivity contribution >= 4 is 39.5 Å². The lowest BCUT2D eigenvalue weighted by molar-refractivity contribution is -0.161. The minimum absolute atomic E-state index is 0.107. The lowest BCUT2D eigenvalue weighted by Crippen LogP contribution is -2.30. The number of carbonyl (C=O) groups is 4. The van der Waals surface area contributed by atoms with Gasteiger partial charge in [-0.1, -0.05) is 381 Å². The van der Waals surface area contributed by atoms with E-state index < -0.39 is 97.5 Å². The van der Waals surface area contributed by atoms with Gasteiger partial charge >= 0.3 is 39.5 Å². The maximum atomic E-state index is 13.1. The first-order valence-electron chi connectivity index (χ1n) is 42.1. The topological polar surface area (TPSA) is 237 Å². The highest BCUT2D eigenvalue weighted by Gasteiger charge is 2.30. The molecule has 0 rings (SSSR count). The van der Waals surface area contributed by atoms with E-state index in [2.05, 4.69) is 34.6 Å². The zero-order valence-corrected chi connectivity index (χ0v) is 67.1. The quantitative estimate of drug-likeness (QED) is 0.0222. The number of carbonyl (C=O) groups excluding carboxylic acids is 4. The average Bonchev–Trinajstić information content (AvgIpc) is 1.07. The summed E-state index contributed by atoms with van der Waals surface area (Å²) in [5, 5.41) is 10.6. The molecule has 100 heavy (non-hydrogen) atoms. The third-order valence-corrected chi connectivity index (χ3v) is 20.9. The first kappa shape index (κ1) is 98.1. The van der Waals surface area contributed by atoms with Crippen LogP contribution in [-0.4, -0.2) is 96.7 Å². The fraction of sp³-hybridized carbons (Fsp3) is 0.951. The Morgan fingerprint density at radius 2 is 0.460 bits per heavy atom. The number of hydrogen-bond acceptors (Lipinski definition) is 15. The van der Waals surface area contributed by atoms with Crippen LogP contribution in [0.5, 0.6) is 0 Å². The van der Waals surface area contributed by atoms with E-state index in [1.165, 1.54) is 257 Å². The van der Waals surface area contributed by atoms with Crippen LogP contribution in [-0.2, 0) is 65.4 Å². The lowest BCUT2D eigenvalue weighted by Gasteiger charge is -2.21. The molecule has 0 aromatic heterocycles. The monoisotopic (exact) mass is 1470 g/mol. The van der Waals surface area contributed by atoms with Gasteiger partial charge in [-0.2, -0.15) is 0 Å². The summed E-state index contributed by atoms with van der Waals surface area (Å²) in [7, 11) is -9.92. The van der Waals surface area contributed by atoms with Crippen LogP contribution in [0.3, 0.4) is 0 Å². The number of phosphoric ester groups is 2. The molecule has 0 saturated carbocycles. The van der Waals surface area contributed by atoms with Crippen molar-refractivity contribution in [3.05, 3.63) is 0 Å². The molecule has 594 valence electrons. The largest absolute Gasteiger partial charge is 0.472 e. The Hall–Kier alpha value is -1.94. The van der Waals surface area contributed by atoms with Crippen molar-refractivity contribution in [2.24, 2.45) is 5.92 Å². The molecule has 0 aliphatic rings. The maximum Gasteiger partial charge on any atom is 0.472 e. The summed E-state index contributed by atoms with van der Waals surface area (Å²) < 4.78 is 68.7. The highest BCUT2D eigenvalue weighted by Crippen LogP contribution is 2.45. The molecular weight excluding hydrogens is 1310 g/mol. The van der Waals surface area contributed by atoms with Crippen molar-refractivity contribution in [1.29, 1.82) is 0 Å². The fourth-order valence-electron chi connectivity index (χ4n) is 12.6. The second-order valence-electron chi connectivity index (χ2n) is 29.6. The molecule has 0 saturated heterocycles. The van der Waals surface area contributed by atoms with Crippen molar-refractivity contribution in [1.82, 2.24) is 0 Å². The van der Waals surface area contributed by atoms with E-state index in [9.17, 15) is 43.2 Å². The summed E-state index contributed by atoms with van der Waals surface area (Å²) in [6.07, 6.45) is 65.2. The van der Waals surface area contributed by atoms with Gasteiger partial charge in [-0.15, -0.1) is 0 Å².